The number of aromatic nitrogens is 1. The van der Waals surface area contributed by atoms with Gasteiger partial charge in [-0.15, -0.1) is 0 Å². The number of Topliss-reactive ketones (excluding diaryl/α,β-unsaturated/α-hetero) is 1. The lowest BCUT2D eigenvalue weighted by Crippen LogP contribution is -2.52. The lowest BCUT2D eigenvalue weighted by Gasteiger charge is -2.43. The SMILES string of the molecule is Cc1c(-c2ccc3c(c2)C(=O)CC2(CCN(C(=O)O)CC2)O3)ccc2cccnc12. The molecule has 0 saturated carbocycles. The van der Waals surface area contributed by atoms with Crippen LogP contribution >= 0.6 is 0 Å². The third-order valence-corrected chi connectivity index (χ3v) is 6.37. The summed E-state index contributed by atoms with van der Waals surface area (Å²) in [6.45, 7) is 2.83. The molecule has 0 aliphatic carbocycles. The normalized spacial score (nSPS) is 17.6. The maximum atomic E-state index is 13.0. The summed E-state index contributed by atoms with van der Waals surface area (Å²) in [7, 11) is 0. The third-order valence-electron chi connectivity index (χ3n) is 6.37. The fourth-order valence-electron chi connectivity index (χ4n) is 4.65. The van der Waals surface area contributed by atoms with Crippen molar-refractivity contribution in [3.05, 3.63) is 59.8 Å². The van der Waals surface area contributed by atoms with Crippen molar-refractivity contribution in [1.29, 1.82) is 0 Å². The van der Waals surface area contributed by atoms with E-state index in [-0.39, 0.29) is 12.2 Å². The van der Waals surface area contributed by atoms with Gasteiger partial charge in [0.1, 0.15) is 11.4 Å². The molecule has 6 heteroatoms. The molecule has 3 heterocycles. The van der Waals surface area contributed by atoms with Crippen LogP contribution in [0.1, 0.15) is 35.2 Å². The van der Waals surface area contributed by atoms with Crippen LogP contribution in [-0.2, 0) is 0 Å². The summed E-state index contributed by atoms with van der Waals surface area (Å²) in [5.74, 6) is 0.647. The predicted octanol–water partition coefficient (Wildman–Crippen LogP) is 4.69. The van der Waals surface area contributed by atoms with Crippen LogP contribution in [0, 0.1) is 6.92 Å². The molecular weight excluding hydrogens is 380 g/mol. The van der Waals surface area contributed by atoms with Crippen LogP contribution in [0.25, 0.3) is 22.0 Å². The second-order valence-corrected chi connectivity index (χ2v) is 8.18. The molecular formula is C24H22N2O4. The van der Waals surface area contributed by atoms with Crippen LogP contribution in [0.2, 0.25) is 0 Å². The van der Waals surface area contributed by atoms with Gasteiger partial charge in [0.15, 0.2) is 5.78 Å². The number of carbonyl (C=O) groups is 2. The topological polar surface area (TPSA) is 79.7 Å². The minimum Gasteiger partial charge on any atom is -0.486 e. The van der Waals surface area contributed by atoms with Gasteiger partial charge in [0, 0.05) is 37.5 Å². The smallest absolute Gasteiger partial charge is 0.407 e. The largest absolute Gasteiger partial charge is 0.486 e. The summed E-state index contributed by atoms with van der Waals surface area (Å²) < 4.78 is 6.30. The Kier molecular flexibility index (Phi) is 4.24. The Morgan fingerprint density at radius 2 is 1.93 bits per heavy atom. The van der Waals surface area contributed by atoms with Crippen LogP contribution < -0.4 is 4.74 Å². The molecule has 0 atom stereocenters. The Bertz CT molecular complexity index is 1180. The number of likely N-dealkylation sites (tertiary alicyclic amines) is 1. The number of rotatable bonds is 1. The van der Waals surface area contributed by atoms with Gasteiger partial charge in [0.2, 0.25) is 0 Å². The zero-order valence-electron chi connectivity index (χ0n) is 16.7. The van der Waals surface area contributed by atoms with Crippen molar-refractivity contribution >= 4 is 22.8 Å². The van der Waals surface area contributed by atoms with Crippen molar-refractivity contribution in [2.45, 2.75) is 31.8 Å². The average molecular weight is 402 g/mol. The molecule has 1 fully saturated rings. The number of nitrogens with zero attached hydrogens (tertiary/aromatic N) is 2. The van der Waals surface area contributed by atoms with Crippen molar-refractivity contribution in [3.63, 3.8) is 0 Å². The monoisotopic (exact) mass is 402 g/mol. The number of fused-ring (bicyclic) bond motifs is 2. The lowest BCUT2D eigenvalue weighted by molar-refractivity contribution is -0.00518. The molecule has 1 amide bonds. The van der Waals surface area contributed by atoms with E-state index in [1.165, 1.54) is 4.90 Å². The van der Waals surface area contributed by atoms with E-state index in [1.54, 1.807) is 6.20 Å². The van der Waals surface area contributed by atoms with Crippen molar-refractivity contribution in [2.75, 3.05) is 13.1 Å². The minimum atomic E-state index is -0.919. The van der Waals surface area contributed by atoms with E-state index in [9.17, 15) is 14.7 Å². The molecule has 1 saturated heterocycles. The molecule has 5 rings (SSSR count). The van der Waals surface area contributed by atoms with Gasteiger partial charge in [0.05, 0.1) is 17.5 Å². The third kappa shape index (κ3) is 3.00. The highest BCUT2D eigenvalue weighted by Gasteiger charge is 2.43. The predicted molar refractivity (Wildman–Crippen MR) is 113 cm³/mol. The summed E-state index contributed by atoms with van der Waals surface area (Å²) in [5, 5.41) is 10.3. The molecule has 1 spiro atoms. The highest BCUT2D eigenvalue weighted by atomic mass is 16.5. The number of hydrogen-bond donors (Lipinski definition) is 1. The highest BCUT2D eigenvalue weighted by molar-refractivity contribution is 6.02. The molecule has 0 radical (unpaired) electrons. The van der Waals surface area contributed by atoms with Gasteiger partial charge in [-0.3, -0.25) is 9.78 Å². The Hall–Kier alpha value is -3.41. The van der Waals surface area contributed by atoms with Crippen molar-refractivity contribution in [3.8, 4) is 16.9 Å². The second kappa shape index (κ2) is 6.83. The van der Waals surface area contributed by atoms with E-state index >= 15 is 0 Å². The maximum Gasteiger partial charge on any atom is 0.407 e. The minimum absolute atomic E-state index is 0.0541. The second-order valence-electron chi connectivity index (χ2n) is 8.18. The number of piperidine rings is 1. The molecule has 6 nitrogen and oxygen atoms in total. The summed E-state index contributed by atoms with van der Waals surface area (Å²) >= 11 is 0. The molecule has 2 aliphatic heterocycles. The van der Waals surface area contributed by atoms with Crippen molar-refractivity contribution < 1.29 is 19.4 Å². The van der Waals surface area contributed by atoms with Crippen LogP contribution in [-0.4, -0.2) is 45.6 Å². The Balaban J connectivity index is 1.47. The first-order chi connectivity index (χ1) is 14.5. The summed E-state index contributed by atoms with van der Waals surface area (Å²) in [6.07, 6.45) is 2.22. The Morgan fingerprint density at radius 1 is 1.13 bits per heavy atom. The standard InChI is InChI=1S/C24H22N2O4/c1-15-18(6-4-16-3-2-10-25-22(15)16)17-5-7-21-19(13-17)20(27)14-24(30-21)8-11-26(12-9-24)23(28)29/h2-7,10,13H,8-9,11-12,14H2,1H3,(H,28,29). The molecule has 1 aromatic heterocycles. The first-order valence-corrected chi connectivity index (χ1v) is 10.1. The van der Waals surface area contributed by atoms with Gasteiger partial charge >= 0.3 is 6.09 Å². The number of benzene rings is 2. The van der Waals surface area contributed by atoms with Crippen LogP contribution in [0.3, 0.4) is 0 Å². The number of hydrogen-bond acceptors (Lipinski definition) is 4. The van der Waals surface area contributed by atoms with E-state index in [0.717, 1.165) is 27.6 Å². The molecule has 1 N–H and O–H groups in total. The summed E-state index contributed by atoms with van der Waals surface area (Å²) in [4.78, 5) is 30.1. The van der Waals surface area contributed by atoms with Gasteiger partial charge in [-0.25, -0.2) is 4.79 Å². The fraction of sp³-hybridized carbons (Fsp3) is 0.292. The van der Waals surface area contributed by atoms with E-state index in [0.29, 0.717) is 37.2 Å². The number of pyridine rings is 1. The van der Waals surface area contributed by atoms with E-state index < -0.39 is 11.7 Å². The summed E-state index contributed by atoms with van der Waals surface area (Å²) in [6, 6.07) is 13.8. The van der Waals surface area contributed by atoms with Crippen molar-refractivity contribution in [1.82, 2.24) is 9.88 Å². The number of carbonyl (C=O) groups excluding carboxylic acids is 1. The number of amides is 1. The van der Waals surface area contributed by atoms with E-state index in [4.69, 9.17) is 4.74 Å². The quantitative estimate of drug-likeness (QED) is 0.639. The maximum absolute atomic E-state index is 13.0. The number of ketones is 1. The molecule has 0 unspecified atom stereocenters. The van der Waals surface area contributed by atoms with Gasteiger partial charge in [-0.05, 0) is 41.8 Å². The first kappa shape index (κ1) is 18.6. The number of aryl methyl sites for hydroxylation is 1. The zero-order chi connectivity index (χ0) is 20.9. The first-order valence-electron chi connectivity index (χ1n) is 10.1. The average Bonchev–Trinajstić information content (AvgIpc) is 2.74. The Morgan fingerprint density at radius 3 is 2.70 bits per heavy atom. The fourth-order valence-corrected chi connectivity index (χ4v) is 4.65. The van der Waals surface area contributed by atoms with Crippen LogP contribution in [0.5, 0.6) is 5.75 Å². The molecule has 2 aliphatic rings. The zero-order valence-corrected chi connectivity index (χ0v) is 16.7. The molecule has 30 heavy (non-hydrogen) atoms. The molecule has 2 aromatic carbocycles. The summed E-state index contributed by atoms with van der Waals surface area (Å²) in [5.41, 5.74) is 4.05. The molecule has 0 bridgehead atoms. The number of carboxylic acid groups (broad SMARTS) is 1. The van der Waals surface area contributed by atoms with E-state index in [2.05, 4.69) is 11.1 Å². The van der Waals surface area contributed by atoms with Gasteiger partial charge < -0.3 is 14.7 Å². The lowest BCUT2D eigenvalue weighted by atomic mass is 9.82. The molecule has 152 valence electrons. The number of ether oxygens (including phenoxy) is 1. The van der Waals surface area contributed by atoms with E-state index in [1.807, 2.05) is 43.3 Å². The van der Waals surface area contributed by atoms with Gasteiger partial charge in [-0.1, -0.05) is 24.3 Å². The van der Waals surface area contributed by atoms with Crippen LogP contribution in [0.15, 0.2) is 48.7 Å². The van der Waals surface area contributed by atoms with Crippen molar-refractivity contribution in [2.24, 2.45) is 0 Å². The van der Waals surface area contributed by atoms with Gasteiger partial charge in [0.25, 0.3) is 0 Å². The molecule has 3 aromatic rings. The highest BCUT2D eigenvalue weighted by Crippen LogP contribution is 2.41. The Labute approximate surface area is 174 Å². The van der Waals surface area contributed by atoms with Gasteiger partial charge in [-0.2, -0.15) is 0 Å². The van der Waals surface area contributed by atoms with Crippen LogP contribution in [0.4, 0.5) is 4.79 Å².